The second kappa shape index (κ2) is 9.49. The number of amides is 1. The Morgan fingerprint density at radius 2 is 1.46 bits per heavy atom. The Bertz CT molecular complexity index is 766. The van der Waals surface area contributed by atoms with Crippen LogP contribution in [0.3, 0.4) is 0 Å². The standard InChI is InChI=1S/C23H31NO4/c1-23(2,3)18-10-7-16(8-11-18)9-12-21(25)24-15-17-13-19(26-4)22(28-6)20(14-17)27-5/h7-8,10-11,13-14H,9,12,15H2,1-6H3,(H,24,25). The topological polar surface area (TPSA) is 56.8 Å². The largest absolute Gasteiger partial charge is 0.493 e. The highest BCUT2D eigenvalue weighted by atomic mass is 16.5. The van der Waals surface area contributed by atoms with Crippen molar-refractivity contribution in [2.75, 3.05) is 21.3 Å². The molecule has 0 bridgehead atoms. The van der Waals surface area contributed by atoms with Crippen LogP contribution in [0.15, 0.2) is 36.4 Å². The maximum Gasteiger partial charge on any atom is 0.220 e. The van der Waals surface area contributed by atoms with Crippen LogP contribution >= 0.6 is 0 Å². The van der Waals surface area contributed by atoms with Crippen molar-refractivity contribution in [3.05, 3.63) is 53.1 Å². The van der Waals surface area contributed by atoms with Gasteiger partial charge in [0, 0.05) is 13.0 Å². The third-order valence-electron chi connectivity index (χ3n) is 4.67. The van der Waals surface area contributed by atoms with Gasteiger partial charge in [0.1, 0.15) is 0 Å². The molecule has 0 aliphatic carbocycles. The number of carbonyl (C=O) groups is 1. The maximum atomic E-state index is 12.2. The summed E-state index contributed by atoms with van der Waals surface area (Å²) in [5, 5.41) is 2.95. The van der Waals surface area contributed by atoms with Gasteiger partial charge in [0.15, 0.2) is 11.5 Å². The van der Waals surface area contributed by atoms with E-state index in [4.69, 9.17) is 14.2 Å². The van der Waals surface area contributed by atoms with Gasteiger partial charge in [-0.05, 0) is 40.7 Å². The van der Waals surface area contributed by atoms with Gasteiger partial charge in [-0.15, -0.1) is 0 Å². The van der Waals surface area contributed by atoms with Crippen LogP contribution in [0.25, 0.3) is 0 Å². The lowest BCUT2D eigenvalue weighted by atomic mass is 9.86. The fourth-order valence-electron chi connectivity index (χ4n) is 2.96. The molecule has 1 amide bonds. The fourth-order valence-corrected chi connectivity index (χ4v) is 2.96. The molecule has 0 unspecified atom stereocenters. The zero-order valence-electron chi connectivity index (χ0n) is 17.7. The van der Waals surface area contributed by atoms with Crippen molar-refractivity contribution in [1.29, 1.82) is 0 Å². The van der Waals surface area contributed by atoms with Crippen molar-refractivity contribution in [1.82, 2.24) is 5.32 Å². The molecule has 0 aliphatic rings. The van der Waals surface area contributed by atoms with E-state index in [0.29, 0.717) is 36.6 Å². The third kappa shape index (κ3) is 5.65. The van der Waals surface area contributed by atoms with Gasteiger partial charge >= 0.3 is 0 Å². The second-order valence-corrected chi connectivity index (χ2v) is 7.76. The smallest absolute Gasteiger partial charge is 0.220 e. The van der Waals surface area contributed by atoms with Crippen LogP contribution in [0.2, 0.25) is 0 Å². The molecule has 2 aromatic carbocycles. The zero-order chi connectivity index (χ0) is 20.7. The van der Waals surface area contributed by atoms with Crippen LogP contribution in [0.5, 0.6) is 17.2 Å². The van der Waals surface area contributed by atoms with E-state index >= 15 is 0 Å². The summed E-state index contributed by atoms with van der Waals surface area (Å²) in [5.74, 6) is 1.70. The van der Waals surface area contributed by atoms with Gasteiger partial charge in [0.05, 0.1) is 21.3 Å². The number of ether oxygens (including phenoxy) is 3. The molecule has 0 radical (unpaired) electrons. The number of hydrogen-bond acceptors (Lipinski definition) is 4. The van der Waals surface area contributed by atoms with E-state index in [-0.39, 0.29) is 11.3 Å². The van der Waals surface area contributed by atoms with Crippen molar-refractivity contribution in [2.45, 2.75) is 45.6 Å². The van der Waals surface area contributed by atoms with Crippen LogP contribution in [0.4, 0.5) is 0 Å². The maximum absolute atomic E-state index is 12.2. The van der Waals surface area contributed by atoms with Crippen LogP contribution < -0.4 is 19.5 Å². The molecule has 0 aliphatic heterocycles. The highest BCUT2D eigenvalue weighted by molar-refractivity contribution is 5.76. The molecule has 0 spiro atoms. The summed E-state index contributed by atoms with van der Waals surface area (Å²) in [5.41, 5.74) is 3.48. The van der Waals surface area contributed by atoms with Gasteiger partial charge in [0.2, 0.25) is 11.7 Å². The summed E-state index contributed by atoms with van der Waals surface area (Å²) in [6, 6.07) is 12.2. The number of aryl methyl sites for hydroxylation is 1. The lowest BCUT2D eigenvalue weighted by molar-refractivity contribution is -0.121. The Balaban J connectivity index is 1.92. The highest BCUT2D eigenvalue weighted by Crippen LogP contribution is 2.38. The summed E-state index contributed by atoms with van der Waals surface area (Å²) in [7, 11) is 4.71. The molecule has 1 N–H and O–H groups in total. The molecule has 2 rings (SSSR count). The number of rotatable bonds is 8. The van der Waals surface area contributed by atoms with E-state index in [1.165, 1.54) is 5.56 Å². The molecular weight excluding hydrogens is 354 g/mol. The Labute approximate surface area is 168 Å². The van der Waals surface area contributed by atoms with Crippen molar-refractivity contribution >= 4 is 5.91 Å². The molecule has 5 nitrogen and oxygen atoms in total. The fraction of sp³-hybridized carbons (Fsp3) is 0.435. The Kier molecular flexibility index (Phi) is 7.32. The highest BCUT2D eigenvalue weighted by Gasteiger charge is 2.14. The van der Waals surface area contributed by atoms with E-state index in [2.05, 4.69) is 50.4 Å². The van der Waals surface area contributed by atoms with Gasteiger partial charge < -0.3 is 19.5 Å². The summed E-state index contributed by atoms with van der Waals surface area (Å²) in [6.45, 7) is 6.98. The molecule has 0 fully saturated rings. The second-order valence-electron chi connectivity index (χ2n) is 7.76. The monoisotopic (exact) mass is 385 g/mol. The summed E-state index contributed by atoms with van der Waals surface area (Å²) >= 11 is 0. The van der Waals surface area contributed by atoms with Gasteiger partial charge in [-0.25, -0.2) is 0 Å². The van der Waals surface area contributed by atoms with Crippen LogP contribution in [0, 0.1) is 0 Å². The summed E-state index contributed by atoms with van der Waals surface area (Å²) < 4.78 is 16.0. The van der Waals surface area contributed by atoms with Gasteiger partial charge in [-0.3, -0.25) is 4.79 Å². The molecule has 0 aromatic heterocycles. The van der Waals surface area contributed by atoms with E-state index in [1.54, 1.807) is 21.3 Å². The zero-order valence-corrected chi connectivity index (χ0v) is 17.7. The van der Waals surface area contributed by atoms with Crippen LogP contribution in [-0.4, -0.2) is 27.2 Å². The Hall–Kier alpha value is -2.69. The van der Waals surface area contributed by atoms with Gasteiger partial charge in [-0.1, -0.05) is 45.0 Å². The SMILES string of the molecule is COc1cc(CNC(=O)CCc2ccc(C(C)(C)C)cc2)cc(OC)c1OC. The summed E-state index contributed by atoms with van der Waals surface area (Å²) in [6.07, 6.45) is 1.16. The predicted octanol–water partition coefficient (Wildman–Crippen LogP) is 4.26. The molecule has 152 valence electrons. The molecule has 28 heavy (non-hydrogen) atoms. The average Bonchev–Trinajstić information content (AvgIpc) is 2.69. The quantitative estimate of drug-likeness (QED) is 0.738. The van der Waals surface area contributed by atoms with E-state index in [0.717, 1.165) is 11.1 Å². The predicted molar refractivity (Wildman–Crippen MR) is 111 cm³/mol. The first kappa shape index (κ1) is 21.6. The van der Waals surface area contributed by atoms with Crippen LogP contribution in [0.1, 0.15) is 43.9 Å². The minimum absolute atomic E-state index is 0.00801. The normalized spacial score (nSPS) is 11.1. The Morgan fingerprint density at radius 1 is 0.893 bits per heavy atom. The number of methoxy groups -OCH3 is 3. The number of nitrogens with one attached hydrogen (secondary N) is 1. The lowest BCUT2D eigenvalue weighted by Crippen LogP contribution is -2.23. The van der Waals surface area contributed by atoms with Crippen molar-refractivity contribution in [3.8, 4) is 17.2 Å². The van der Waals surface area contributed by atoms with E-state index in [1.807, 2.05) is 12.1 Å². The molecule has 5 heteroatoms. The summed E-state index contributed by atoms with van der Waals surface area (Å²) in [4.78, 5) is 12.2. The van der Waals surface area contributed by atoms with E-state index in [9.17, 15) is 4.79 Å². The number of benzene rings is 2. The first-order valence-electron chi connectivity index (χ1n) is 9.43. The first-order chi connectivity index (χ1) is 13.3. The van der Waals surface area contributed by atoms with Gasteiger partial charge in [-0.2, -0.15) is 0 Å². The molecule has 2 aromatic rings. The van der Waals surface area contributed by atoms with Crippen molar-refractivity contribution < 1.29 is 19.0 Å². The van der Waals surface area contributed by atoms with E-state index < -0.39 is 0 Å². The average molecular weight is 386 g/mol. The Morgan fingerprint density at radius 3 is 1.93 bits per heavy atom. The molecule has 0 saturated carbocycles. The van der Waals surface area contributed by atoms with Crippen molar-refractivity contribution in [2.24, 2.45) is 0 Å². The molecule has 0 saturated heterocycles. The minimum atomic E-state index is 0.00801. The molecule has 0 atom stereocenters. The third-order valence-corrected chi connectivity index (χ3v) is 4.67. The number of carbonyl (C=O) groups excluding carboxylic acids is 1. The van der Waals surface area contributed by atoms with Gasteiger partial charge in [0.25, 0.3) is 0 Å². The number of hydrogen-bond donors (Lipinski definition) is 1. The first-order valence-corrected chi connectivity index (χ1v) is 9.43. The molecular formula is C23H31NO4. The molecule has 0 heterocycles. The van der Waals surface area contributed by atoms with Crippen LogP contribution in [-0.2, 0) is 23.2 Å². The van der Waals surface area contributed by atoms with Crippen molar-refractivity contribution in [3.63, 3.8) is 0 Å². The lowest BCUT2D eigenvalue weighted by Gasteiger charge is -2.19. The minimum Gasteiger partial charge on any atom is -0.493 e.